The van der Waals surface area contributed by atoms with Crippen molar-refractivity contribution in [3.8, 4) is 0 Å². The van der Waals surface area contributed by atoms with E-state index in [1.54, 1.807) is 10.7 Å². The van der Waals surface area contributed by atoms with Crippen LogP contribution in [0.4, 0.5) is 5.82 Å². The Bertz CT molecular complexity index is 591. The summed E-state index contributed by atoms with van der Waals surface area (Å²) < 4.78 is 13.4. The Morgan fingerprint density at radius 1 is 1.21 bits per heavy atom. The van der Waals surface area contributed by atoms with E-state index in [1.807, 2.05) is 18.3 Å². The van der Waals surface area contributed by atoms with Gasteiger partial charge >= 0.3 is 0 Å². The normalized spacial score (nSPS) is 22.4. The predicted octanol–water partition coefficient (Wildman–Crippen LogP) is 1.07. The van der Waals surface area contributed by atoms with E-state index in [2.05, 4.69) is 15.0 Å². The fourth-order valence-electron chi connectivity index (χ4n) is 2.89. The van der Waals surface area contributed by atoms with Crippen LogP contribution in [0.1, 0.15) is 12.8 Å². The van der Waals surface area contributed by atoms with Gasteiger partial charge in [0, 0.05) is 25.4 Å². The zero-order valence-electron chi connectivity index (χ0n) is 10.7. The van der Waals surface area contributed by atoms with E-state index in [0.717, 1.165) is 37.4 Å². The number of hydrogen-bond acceptors (Lipinski definition) is 5. The largest absolute Gasteiger partial charge is 0.350 e. The van der Waals surface area contributed by atoms with Crippen molar-refractivity contribution < 1.29 is 9.47 Å². The highest BCUT2D eigenvalue weighted by Gasteiger charge is 2.41. The van der Waals surface area contributed by atoms with Crippen molar-refractivity contribution in [1.82, 2.24) is 14.6 Å². The molecule has 0 N–H and O–H groups in total. The molecule has 0 bridgehead atoms. The van der Waals surface area contributed by atoms with Gasteiger partial charge in [0.05, 0.1) is 19.8 Å². The maximum absolute atomic E-state index is 5.79. The summed E-state index contributed by atoms with van der Waals surface area (Å²) in [4.78, 5) is 6.44. The second-order valence-electron chi connectivity index (χ2n) is 5.05. The minimum atomic E-state index is -0.413. The van der Waals surface area contributed by atoms with Crippen molar-refractivity contribution in [2.24, 2.45) is 0 Å². The van der Waals surface area contributed by atoms with Gasteiger partial charge in [-0.25, -0.2) is 9.50 Å². The lowest BCUT2D eigenvalue weighted by Gasteiger charge is -2.39. The van der Waals surface area contributed by atoms with E-state index in [9.17, 15) is 0 Å². The second-order valence-corrected chi connectivity index (χ2v) is 5.05. The molecule has 4 heterocycles. The van der Waals surface area contributed by atoms with Crippen LogP contribution in [-0.4, -0.2) is 46.7 Å². The molecule has 1 spiro atoms. The number of anilines is 1. The van der Waals surface area contributed by atoms with E-state index in [0.29, 0.717) is 13.2 Å². The Morgan fingerprint density at radius 3 is 3.00 bits per heavy atom. The minimum absolute atomic E-state index is 0.413. The fourth-order valence-corrected chi connectivity index (χ4v) is 2.89. The van der Waals surface area contributed by atoms with Gasteiger partial charge in [-0.15, -0.1) is 5.10 Å². The molecule has 19 heavy (non-hydrogen) atoms. The van der Waals surface area contributed by atoms with Gasteiger partial charge in [-0.3, -0.25) is 0 Å². The molecule has 6 heteroatoms. The van der Waals surface area contributed by atoms with Crippen LogP contribution in [0.5, 0.6) is 0 Å². The van der Waals surface area contributed by atoms with Crippen molar-refractivity contribution >= 4 is 11.5 Å². The number of nitrogens with zero attached hydrogens (tertiary/aromatic N) is 4. The molecule has 100 valence electrons. The molecule has 2 aliphatic rings. The molecule has 0 radical (unpaired) electrons. The Morgan fingerprint density at radius 2 is 2.11 bits per heavy atom. The smallest absolute Gasteiger partial charge is 0.186 e. The first kappa shape index (κ1) is 11.2. The van der Waals surface area contributed by atoms with Gasteiger partial charge in [0.1, 0.15) is 5.82 Å². The molecular weight excluding hydrogens is 244 g/mol. The molecule has 2 aromatic heterocycles. The molecule has 0 aromatic carbocycles. The van der Waals surface area contributed by atoms with Crippen molar-refractivity contribution in [3.05, 3.63) is 24.5 Å². The van der Waals surface area contributed by atoms with Gasteiger partial charge in [-0.2, -0.15) is 0 Å². The van der Waals surface area contributed by atoms with E-state index >= 15 is 0 Å². The highest BCUT2D eigenvalue weighted by Crippen LogP contribution is 2.31. The number of imidazole rings is 1. The Labute approximate surface area is 110 Å². The summed E-state index contributed by atoms with van der Waals surface area (Å²) in [6.07, 6.45) is 5.65. The van der Waals surface area contributed by atoms with E-state index in [-0.39, 0.29) is 0 Å². The number of ether oxygens (including phenoxy) is 2. The molecule has 0 amide bonds. The van der Waals surface area contributed by atoms with E-state index in [4.69, 9.17) is 9.47 Å². The quantitative estimate of drug-likeness (QED) is 0.767. The van der Waals surface area contributed by atoms with Gasteiger partial charge < -0.3 is 14.4 Å². The monoisotopic (exact) mass is 260 g/mol. The van der Waals surface area contributed by atoms with Crippen LogP contribution in [0.3, 0.4) is 0 Å². The fraction of sp³-hybridized carbons (Fsp3) is 0.538. The molecule has 0 saturated carbocycles. The van der Waals surface area contributed by atoms with Gasteiger partial charge in [-0.1, -0.05) is 0 Å². The number of piperidine rings is 1. The summed E-state index contributed by atoms with van der Waals surface area (Å²) in [7, 11) is 0. The maximum Gasteiger partial charge on any atom is 0.186 e. The van der Waals surface area contributed by atoms with Crippen molar-refractivity contribution in [2.75, 3.05) is 31.2 Å². The summed E-state index contributed by atoms with van der Waals surface area (Å²) in [5.41, 5.74) is 0.865. The molecule has 0 atom stereocenters. The number of hydrogen-bond donors (Lipinski definition) is 0. The first-order valence-electron chi connectivity index (χ1n) is 6.68. The number of rotatable bonds is 1. The van der Waals surface area contributed by atoms with Crippen LogP contribution in [0, 0.1) is 0 Å². The average molecular weight is 260 g/mol. The Hall–Kier alpha value is -1.66. The topological polar surface area (TPSA) is 51.9 Å². The standard InChI is InChI=1S/C13H16N4O2/c1-4-13(18-8-9-19-13)10-16(6-1)12-3-2-11-14-5-7-17(11)15-12/h2-3,5,7H,1,4,6,8-10H2. The van der Waals surface area contributed by atoms with Gasteiger partial charge in [0.25, 0.3) is 0 Å². The molecule has 6 nitrogen and oxygen atoms in total. The molecule has 2 aliphatic heterocycles. The average Bonchev–Trinajstić information content (AvgIpc) is 3.07. The summed E-state index contributed by atoms with van der Waals surface area (Å²) in [6, 6.07) is 4.00. The highest BCUT2D eigenvalue weighted by molar-refractivity contribution is 5.46. The SMILES string of the molecule is c1cn2nc(N3CCCC4(C3)OCCO4)ccc2n1. The predicted molar refractivity (Wildman–Crippen MR) is 69.1 cm³/mol. The Kier molecular flexibility index (Phi) is 2.46. The lowest BCUT2D eigenvalue weighted by Crippen LogP contribution is -2.49. The second kappa shape index (κ2) is 4.18. The van der Waals surface area contributed by atoms with Crippen molar-refractivity contribution in [2.45, 2.75) is 18.6 Å². The first-order chi connectivity index (χ1) is 9.35. The van der Waals surface area contributed by atoms with Crippen LogP contribution in [-0.2, 0) is 9.47 Å². The molecule has 0 unspecified atom stereocenters. The summed E-state index contributed by atoms with van der Waals surface area (Å²) >= 11 is 0. The third-order valence-electron chi connectivity index (χ3n) is 3.80. The molecule has 4 rings (SSSR count). The third kappa shape index (κ3) is 1.87. The van der Waals surface area contributed by atoms with Crippen LogP contribution in [0.15, 0.2) is 24.5 Å². The minimum Gasteiger partial charge on any atom is -0.350 e. The zero-order chi connectivity index (χ0) is 12.7. The summed E-state index contributed by atoms with van der Waals surface area (Å²) in [5, 5.41) is 4.58. The van der Waals surface area contributed by atoms with Gasteiger partial charge in [-0.05, 0) is 18.6 Å². The third-order valence-corrected chi connectivity index (χ3v) is 3.80. The molecule has 2 fully saturated rings. The van der Waals surface area contributed by atoms with Gasteiger partial charge in [0.15, 0.2) is 11.4 Å². The Balaban J connectivity index is 1.63. The lowest BCUT2D eigenvalue weighted by atomic mass is 10.0. The molecule has 0 aliphatic carbocycles. The van der Waals surface area contributed by atoms with Crippen LogP contribution in [0.2, 0.25) is 0 Å². The van der Waals surface area contributed by atoms with E-state index in [1.165, 1.54) is 0 Å². The van der Waals surface area contributed by atoms with Crippen LogP contribution >= 0.6 is 0 Å². The lowest BCUT2D eigenvalue weighted by molar-refractivity contribution is -0.161. The maximum atomic E-state index is 5.79. The zero-order valence-corrected chi connectivity index (χ0v) is 10.7. The number of fused-ring (bicyclic) bond motifs is 1. The highest BCUT2D eigenvalue weighted by atomic mass is 16.7. The van der Waals surface area contributed by atoms with Crippen molar-refractivity contribution in [3.63, 3.8) is 0 Å². The van der Waals surface area contributed by atoms with E-state index < -0.39 is 5.79 Å². The van der Waals surface area contributed by atoms with Crippen molar-refractivity contribution in [1.29, 1.82) is 0 Å². The molecule has 2 saturated heterocycles. The number of aromatic nitrogens is 3. The molecular formula is C13H16N4O2. The summed E-state index contributed by atoms with van der Waals surface area (Å²) in [5.74, 6) is 0.535. The van der Waals surface area contributed by atoms with Crippen LogP contribution in [0.25, 0.3) is 5.65 Å². The van der Waals surface area contributed by atoms with Crippen LogP contribution < -0.4 is 4.90 Å². The molecule has 2 aromatic rings. The first-order valence-corrected chi connectivity index (χ1v) is 6.68. The van der Waals surface area contributed by atoms with Gasteiger partial charge in [0.2, 0.25) is 0 Å². The summed E-state index contributed by atoms with van der Waals surface area (Å²) in [6.45, 7) is 3.13.